The second kappa shape index (κ2) is 1.81. The lowest BCUT2D eigenvalue weighted by atomic mass is 9.82. The molecule has 4 aliphatic rings. The summed E-state index contributed by atoms with van der Waals surface area (Å²) in [5.41, 5.74) is 4.00. The zero-order valence-corrected chi connectivity index (χ0v) is 7.55. The number of fused-ring (bicyclic) bond motifs is 8. The molecule has 0 aromatic carbocycles. The molecular weight excluding hydrogens is 144 g/mol. The molecule has 0 spiro atoms. The minimum Gasteiger partial charge on any atom is -0.0642 e. The Hall–Kier alpha value is -0.260. The Bertz CT molecular complexity index is 222. The van der Waals surface area contributed by atoms with Gasteiger partial charge in [0.2, 0.25) is 0 Å². The van der Waals surface area contributed by atoms with Crippen LogP contribution in [0, 0.1) is 23.7 Å². The van der Waals surface area contributed by atoms with Gasteiger partial charge in [-0.05, 0) is 62.2 Å². The maximum atomic E-state index is 2.00. The normalized spacial score (nSPS) is 54.0. The van der Waals surface area contributed by atoms with Gasteiger partial charge in [0.05, 0.1) is 0 Å². The fraction of sp³-hybridized carbons (Fsp3) is 0.833. The Labute approximate surface area is 74.0 Å². The van der Waals surface area contributed by atoms with Crippen LogP contribution in [0.3, 0.4) is 0 Å². The van der Waals surface area contributed by atoms with Crippen molar-refractivity contribution < 1.29 is 0 Å². The number of hydrogen-bond acceptors (Lipinski definition) is 0. The van der Waals surface area contributed by atoms with Crippen LogP contribution in [0.1, 0.15) is 38.5 Å². The third kappa shape index (κ3) is 0.522. The zero-order chi connectivity index (χ0) is 7.71. The fourth-order valence-electron chi connectivity index (χ4n) is 4.70. The van der Waals surface area contributed by atoms with Gasteiger partial charge in [0.25, 0.3) is 0 Å². The second-order valence-corrected chi connectivity index (χ2v) is 5.32. The van der Waals surface area contributed by atoms with Crippen molar-refractivity contribution in [1.29, 1.82) is 0 Å². The van der Waals surface area contributed by atoms with Crippen LogP contribution in [0.2, 0.25) is 0 Å². The Morgan fingerprint density at radius 2 is 0.917 bits per heavy atom. The maximum Gasteiger partial charge on any atom is -0.0192 e. The number of hydrogen-bond donors (Lipinski definition) is 0. The predicted octanol–water partition coefficient (Wildman–Crippen LogP) is 3.14. The molecule has 12 heavy (non-hydrogen) atoms. The molecule has 2 saturated carbocycles. The fourth-order valence-corrected chi connectivity index (χ4v) is 4.70. The monoisotopic (exact) mass is 160 g/mol. The molecule has 0 aromatic heterocycles. The molecule has 2 fully saturated rings. The van der Waals surface area contributed by atoms with Crippen molar-refractivity contribution in [3.05, 3.63) is 11.1 Å². The van der Waals surface area contributed by atoms with E-state index < -0.39 is 0 Å². The molecule has 0 unspecified atom stereocenters. The summed E-state index contributed by atoms with van der Waals surface area (Å²) in [5.74, 6) is 4.33. The Kier molecular flexibility index (Phi) is 0.939. The van der Waals surface area contributed by atoms with Crippen LogP contribution >= 0.6 is 0 Å². The van der Waals surface area contributed by atoms with Gasteiger partial charge in [0, 0.05) is 0 Å². The molecule has 0 N–H and O–H groups in total. The SMILES string of the molecule is C1C[C@H]2C[C@@H]1C1=C2[C@@H]2CC[C@H]1C2. The average Bonchev–Trinajstić information content (AvgIpc) is 2.83. The Balaban J connectivity index is 1.90. The topological polar surface area (TPSA) is 0 Å². The molecule has 0 radical (unpaired) electrons. The van der Waals surface area contributed by atoms with E-state index in [1.165, 1.54) is 0 Å². The molecule has 0 nitrogen and oxygen atoms in total. The van der Waals surface area contributed by atoms with E-state index in [0.717, 1.165) is 23.7 Å². The van der Waals surface area contributed by atoms with Crippen LogP contribution in [-0.2, 0) is 0 Å². The van der Waals surface area contributed by atoms with Gasteiger partial charge < -0.3 is 0 Å². The van der Waals surface area contributed by atoms with Gasteiger partial charge >= 0.3 is 0 Å². The van der Waals surface area contributed by atoms with Crippen LogP contribution in [0.25, 0.3) is 0 Å². The van der Waals surface area contributed by atoms with Crippen LogP contribution in [0.5, 0.6) is 0 Å². The van der Waals surface area contributed by atoms with E-state index in [-0.39, 0.29) is 0 Å². The number of allylic oxidation sites excluding steroid dienone is 2. The third-order valence-corrected chi connectivity index (χ3v) is 4.96. The highest BCUT2D eigenvalue weighted by molar-refractivity contribution is 5.39. The molecule has 0 heteroatoms. The molecule has 0 heterocycles. The minimum atomic E-state index is 1.08. The first-order valence-corrected chi connectivity index (χ1v) is 5.67. The van der Waals surface area contributed by atoms with Crippen molar-refractivity contribution in [2.45, 2.75) is 38.5 Å². The van der Waals surface area contributed by atoms with E-state index in [0.29, 0.717) is 0 Å². The van der Waals surface area contributed by atoms with E-state index in [4.69, 9.17) is 0 Å². The molecule has 0 aliphatic heterocycles. The van der Waals surface area contributed by atoms with E-state index in [1.54, 1.807) is 38.5 Å². The molecule has 64 valence electrons. The van der Waals surface area contributed by atoms with E-state index in [1.807, 2.05) is 11.1 Å². The summed E-state index contributed by atoms with van der Waals surface area (Å²) < 4.78 is 0. The van der Waals surface area contributed by atoms with Gasteiger partial charge in [0.15, 0.2) is 0 Å². The van der Waals surface area contributed by atoms with Crippen molar-refractivity contribution >= 4 is 0 Å². The second-order valence-electron chi connectivity index (χ2n) is 5.32. The minimum absolute atomic E-state index is 1.08. The largest absolute Gasteiger partial charge is 0.0642 e. The molecule has 4 bridgehead atoms. The Morgan fingerprint density at radius 1 is 0.583 bits per heavy atom. The quantitative estimate of drug-likeness (QED) is 0.377. The summed E-state index contributed by atoms with van der Waals surface area (Å²) in [4.78, 5) is 0. The zero-order valence-electron chi connectivity index (χ0n) is 7.55. The summed E-state index contributed by atoms with van der Waals surface area (Å²) in [7, 11) is 0. The van der Waals surface area contributed by atoms with Gasteiger partial charge in [0.1, 0.15) is 0 Å². The molecule has 4 rings (SSSR count). The van der Waals surface area contributed by atoms with Crippen LogP contribution in [-0.4, -0.2) is 0 Å². The summed E-state index contributed by atoms with van der Waals surface area (Å²) in [6.07, 6.45) is 9.33. The van der Waals surface area contributed by atoms with Gasteiger partial charge in [-0.2, -0.15) is 0 Å². The highest BCUT2D eigenvalue weighted by Crippen LogP contribution is 2.63. The van der Waals surface area contributed by atoms with Gasteiger partial charge in [-0.1, -0.05) is 11.1 Å². The summed E-state index contributed by atoms with van der Waals surface area (Å²) in [6.45, 7) is 0. The standard InChI is InChI=1S/C12H16/c1-2-8-5-7(1)11-9-3-4-10(6-9)12(8)11/h7-10H,1-6H2/t7-,8+,9+,10-. The van der Waals surface area contributed by atoms with Crippen molar-refractivity contribution in [3.8, 4) is 0 Å². The van der Waals surface area contributed by atoms with Gasteiger partial charge in [-0.15, -0.1) is 0 Å². The van der Waals surface area contributed by atoms with Gasteiger partial charge in [-0.25, -0.2) is 0 Å². The smallest absolute Gasteiger partial charge is 0.0192 e. The van der Waals surface area contributed by atoms with E-state index in [9.17, 15) is 0 Å². The van der Waals surface area contributed by atoms with Crippen molar-refractivity contribution in [3.63, 3.8) is 0 Å². The van der Waals surface area contributed by atoms with Crippen molar-refractivity contribution in [2.75, 3.05) is 0 Å². The summed E-state index contributed by atoms with van der Waals surface area (Å²) in [5, 5.41) is 0. The Morgan fingerprint density at radius 3 is 1.25 bits per heavy atom. The lowest BCUT2D eigenvalue weighted by molar-refractivity contribution is 0.530. The first kappa shape index (κ1) is 6.23. The lowest BCUT2D eigenvalue weighted by Crippen LogP contribution is -2.10. The summed E-state index contributed by atoms with van der Waals surface area (Å²) >= 11 is 0. The first-order valence-electron chi connectivity index (χ1n) is 5.67. The molecule has 0 aromatic rings. The van der Waals surface area contributed by atoms with E-state index >= 15 is 0 Å². The summed E-state index contributed by atoms with van der Waals surface area (Å²) in [6, 6.07) is 0. The number of rotatable bonds is 0. The lowest BCUT2D eigenvalue weighted by Gasteiger charge is -2.23. The highest BCUT2D eigenvalue weighted by Gasteiger charge is 2.50. The molecule has 4 aliphatic carbocycles. The molecule has 0 amide bonds. The van der Waals surface area contributed by atoms with E-state index in [2.05, 4.69) is 0 Å². The van der Waals surface area contributed by atoms with Gasteiger partial charge in [-0.3, -0.25) is 0 Å². The average molecular weight is 160 g/mol. The van der Waals surface area contributed by atoms with Crippen molar-refractivity contribution in [1.82, 2.24) is 0 Å². The molecule has 0 saturated heterocycles. The highest BCUT2D eigenvalue weighted by atomic mass is 14.6. The molecular formula is C12H16. The maximum absolute atomic E-state index is 2.00. The third-order valence-electron chi connectivity index (χ3n) is 4.96. The first-order chi connectivity index (χ1) is 5.93. The van der Waals surface area contributed by atoms with Crippen LogP contribution in [0.15, 0.2) is 11.1 Å². The van der Waals surface area contributed by atoms with Crippen LogP contribution in [0.4, 0.5) is 0 Å². The predicted molar refractivity (Wildman–Crippen MR) is 48.7 cm³/mol. The molecule has 4 atom stereocenters. The van der Waals surface area contributed by atoms with Crippen LogP contribution < -0.4 is 0 Å². The van der Waals surface area contributed by atoms with Crippen molar-refractivity contribution in [2.24, 2.45) is 23.7 Å².